The number of nitrogens with zero attached hydrogens (tertiary/aromatic N) is 1. The monoisotopic (exact) mass is 415 g/mol. The molecule has 0 spiro atoms. The van der Waals surface area contributed by atoms with Crippen molar-refractivity contribution in [1.82, 2.24) is 15.2 Å². The molecule has 5 rings (SSSR count). The maximum absolute atomic E-state index is 13.5. The van der Waals surface area contributed by atoms with Crippen LogP contribution in [0.1, 0.15) is 38.3 Å². The van der Waals surface area contributed by atoms with E-state index < -0.39 is 12.0 Å². The number of rotatable bonds is 4. The molecule has 2 atom stereocenters. The lowest BCUT2D eigenvalue weighted by Gasteiger charge is -2.39. The normalized spacial score (nSPS) is 18.4. The summed E-state index contributed by atoms with van der Waals surface area (Å²) < 4.78 is 0. The first-order valence-electron chi connectivity index (χ1n) is 9.87. The maximum atomic E-state index is 13.5. The van der Waals surface area contributed by atoms with E-state index in [1.165, 1.54) is 0 Å². The number of likely N-dealkylation sites (N-methyl/N-ethyl adjacent to an activating group) is 1. The lowest BCUT2D eigenvalue weighted by atomic mass is 9.79. The number of fused-ring (bicyclic) bond motifs is 2. The Morgan fingerprint density at radius 2 is 1.87 bits per heavy atom. The summed E-state index contributed by atoms with van der Waals surface area (Å²) in [5, 5.41) is 6.12. The Labute approximate surface area is 178 Å². The fourth-order valence-electron chi connectivity index (χ4n) is 4.38. The summed E-state index contributed by atoms with van der Waals surface area (Å²) in [5.41, 5.74) is 3.31. The second-order valence-corrected chi connectivity index (χ2v) is 8.54. The van der Waals surface area contributed by atoms with E-state index in [9.17, 15) is 9.59 Å². The molecule has 2 amide bonds. The number of thiophene rings is 1. The number of carbonyl (C=O) groups excluding carboxylic acids is 2. The Balaban J connectivity index is 1.61. The first-order chi connectivity index (χ1) is 14.6. The molecule has 1 aliphatic rings. The van der Waals surface area contributed by atoms with E-state index in [0.717, 1.165) is 26.9 Å². The molecule has 4 aromatic rings. The molecule has 2 aromatic heterocycles. The van der Waals surface area contributed by atoms with E-state index in [4.69, 9.17) is 0 Å². The third kappa shape index (κ3) is 3.00. The molecule has 3 heterocycles. The average Bonchev–Trinajstić information content (AvgIpc) is 3.44. The molecule has 0 fully saturated rings. The van der Waals surface area contributed by atoms with Crippen molar-refractivity contribution in [1.29, 1.82) is 0 Å². The summed E-state index contributed by atoms with van der Waals surface area (Å²) in [6.45, 7) is 0.480. The zero-order valence-corrected chi connectivity index (χ0v) is 17.3. The molecule has 5 nitrogen and oxygen atoms in total. The molecule has 6 heteroatoms. The molecular formula is C24H21N3O2S. The number of aromatic nitrogens is 1. The summed E-state index contributed by atoms with van der Waals surface area (Å²) in [4.78, 5) is 32.7. The van der Waals surface area contributed by atoms with Crippen molar-refractivity contribution < 1.29 is 9.59 Å². The van der Waals surface area contributed by atoms with E-state index in [-0.39, 0.29) is 11.8 Å². The highest BCUT2D eigenvalue weighted by molar-refractivity contribution is 7.09. The largest absolute Gasteiger partial charge is 0.361 e. The Bertz CT molecular complexity index is 1230. The highest BCUT2D eigenvalue weighted by Crippen LogP contribution is 2.44. The van der Waals surface area contributed by atoms with Crippen molar-refractivity contribution in [3.63, 3.8) is 0 Å². The van der Waals surface area contributed by atoms with Crippen molar-refractivity contribution >= 4 is 34.1 Å². The predicted molar refractivity (Wildman–Crippen MR) is 118 cm³/mol. The highest BCUT2D eigenvalue weighted by Gasteiger charge is 2.43. The van der Waals surface area contributed by atoms with Gasteiger partial charge in [0, 0.05) is 40.2 Å². The van der Waals surface area contributed by atoms with Crippen LogP contribution in [0.2, 0.25) is 0 Å². The van der Waals surface area contributed by atoms with E-state index >= 15 is 0 Å². The van der Waals surface area contributed by atoms with Gasteiger partial charge in [-0.05, 0) is 29.1 Å². The first-order valence-corrected chi connectivity index (χ1v) is 10.8. The minimum absolute atomic E-state index is 0.0665. The van der Waals surface area contributed by atoms with Crippen LogP contribution in [0.25, 0.3) is 10.9 Å². The molecular weight excluding hydrogens is 394 g/mol. The lowest BCUT2D eigenvalue weighted by Crippen LogP contribution is -2.45. The molecule has 150 valence electrons. The zero-order chi connectivity index (χ0) is 20.7. The van der Waals surface area contributed by atoms with Crippen LogP contribution in [0.4, 0.5) is 0 Å². The molecule has 2 N–H and O–H groups in total. The van der Waals surface area contributed by atoms with Crippen LogP contribution in [0.5, 0.6) is 0 Å². The van der Waals surface area contributed by atoms with E-state index in [1.54, 1.807) is 29.4 Å². The molecule has 1 aliphatic heterocycles. The molecule has 30 heavy (non-hydrogen) atoms. The first kappa shape index (κ1) is 18.6. The third-order valence-corrected chi connectivity index (χ3v) is 6.70. The number of hydrogen-bond acceptors (Lipinski definition) is 3. The van der Waals surface area contributed by atoms with Gasteiger partial charge in [0.25, 0.3) is 5.91 Å². The minimum atomic E-state index is -0.497. The predicted octanol–water partition coefficient (Wildman–Crippen LogP) is 4.46. The number of carbonyl (C=O) groups is 2. The average molecular weight is 416 g/mol. The maximum Gasteiger partial charge on any atom is 0.254 e. The lowest BCUT2D eigenvalue weighted by molar-refractivity contribution is -0.124. The fraction of sp³-hybridized carbons (Fsp3) is 0.167. The van der Waals surface area contributed by atoms with Gasteiger partial charge in [-0.25, -0.2) is 0 Å². The van der Waals surface area contributed by atoms with Gasteiger partial charge in [0.2, 0.25) is 5.91 Å². The Kier molecular flexibility index (Phi) is 4.64. The topological polar surface area (TPSA) is 65.2 Å². The van der Waals surface area contributed by atoms with Gasteiger partial charge in [0.15, 0.2) is 0 Å². The van der Waals surface area contributed by atoms with Crippen molar-refractivity contribution in [2.45, 2.75) is 18.5 Å². The number of nitrogens with one attached hydrogen (secondary N) is 2. The van der Waals surface area contributed by atoms with Crippen molar-refractivity contribution in [2.24, 2.45) is 0 Å². The second kappa shape index (κ2) is 7.46. The zero-order valence-electron chi connectivity index (χ0n) is 16.5. The van der Waals surface area contributed by atoms with Gasteiger partial charge in [-0.2, -0.15) is 0 Å². The summed E-state index contributed by atoms with van der Waals surface area (Å²) in [5.74, 6) is -0.642. The summed E-state index contributed by atoms with van der Waals surface area (Å²) in [6.07, 6.45) is 1.92. The van der Waals surface area contributed by atoms with Gasteiger partial charge < -0.3 is 15.2 Å². The summed E-state index contributed by atoms with van der Waals surface area (Å²) in [6, 6.07) is 19.0. The molecule has 0 radical (unpaired) electrons. The van der Waals surface area contributed by atoms with E-state index in [0.29, 0.717) is 12.1 Å². The van der Waals surface area contributed by atoms with Gasteiger partial charge in [-0.1, -0.05) is 42.5 Å². The van der Waals surface area contributed by atoms with Crippen molar-refractivity contribution in [3.05, 3.63) is 93.8 Å². The number of benzene rings is 2. The molecule has 2 unspecified atom stereocenters. The van der Waals surface area contributed by atoms with Crippen LogP contribution in [-0.4, -0.2) is 28.7 Å². The molecule has 0 saturated carbocycles. The van der Waals surface area contributed by atoms with E-state index in [2.05, 4.69) is 10.3 Å². The van der Waals surface area contributed by atoms with Crippen LogP contribution in [0, 0.1) is 0 Å². The molecule has 0 bridgehead atoms. The highest BCUT2D eigenvalue weighted by atomic mass is 32.1. The number of amides is 2. The summed E-state index contributed by atoms with van der Waals surface area (Å²) >= 11 is 1.61. The Morgan fingerprint density at radius 1 is 1.07 bits per heavy atom. The van der Waals surface area contributed by atoms with Crippen LogP contribution in [0.3, 0.4) is 0 Å². The van der Waals surface area contributed by atoms with Crippen molar-refractivity contribution in [3.8, 4) is 0 Å². The fourth-order valence-corrected chi connectivity index (χ4v) is 5.03. The number of para-hydroxylation sites is 1. The number of H-pyrrole nitrogens is 1. The minimum Gasteiger partial charge on any atom is -0.361 e. The second-order valence-electron chi connectivity index (χ2n) is 7.51. The third-order valence-electron chi connectivity index (χ3n) is 5.82. The molecule has 2 aromatic carbocycles. The van der Waals surface area contributed by atoms with Gasteiger partial charge in [-0.3, -0.25) is 9.59 Å². The van der Waals surface area contributed by atoms with Crippen LogP contribution in [-0.2, 0) is 11.3 Å². The quantitative estimate of drug-likeness (QED) is 0.517. The Hall–Kier alpha value is -3.38. The van der Waals surface area contributed by atoms with Gasteiger partial charge in [0.05, 0.1) is 18.5 Å². The SMILES string of the molecule is CN1C(=O)c2ccccc2C(C(=O)NCc2cccs2)C1c1c[nH]c2ccccc12. The Morgan fingerprint density at radius 3 is 2.70 bits per heavy atom. The van der Waals surface area contributed by atoms with Crippen LogP contribution < -0.4 is 5.32 Å². The molecule has 0 saturated heterocycles. The van der Waals surface area contributed by atoms with Crippen LogP contribution in [0.15, 0.2) is 72.2 Å². The van der Waals surface area contributed by atoms with Gasteiger partial charge >= 0.3 is 0 Å². The standard InChI is InChI=1S/C24H21N3O2S/c1-27-22(19-14-25-20-11-5-4-8-16(19)20)21(17-9-2-3-10-18(17)24(27)29)23(28)26-13-15-7-6-12-30-15/h2-12,14,21-22,25H,13H2,1H3,(H,26,28). The molecule has 0 aliphatic carbocycles. The number of aromatic amines is 1. The van der Waals surface area contributed by atoms with Gasteiger partial charge in [0.1, 0.15) is 0 Å². The van der Waals surface area contributed by atoms with E-state index in [1.807, 2.05) is 66.2 Å². The smallest absolute Gasteiger partial charge is 0.254 e. The number of hydrogen-bond donors (Lipinski definition) is 2. The van der Waals surface area contributed by atoms with Crippen LogP contribution >= 0.6 is 11.3 Å². The van der Waals surface area contributed by atoms with Gasteiger partial charge in [-0.15, -0.1) is 11.3 Å². The van der Waals surface area contributed by atoms with Crippen molar-refractivity contribution in [2.75, 3.05) is 7.05 Å². The summed E-state index contributed by atoms with van der Waals surface area (Å²) in [7, 11) is 1.78.